The summed E-state index contributed by atoms with van der Waals surface area (Å²) in [5.74, 6) is 0.524. The molecule has 2 aliphatic heterocycles. The summed E-state index contributed by atoms with van der Waals surface area (Å²) in [4.78, 5) is 7.58. The largest absolute Gasteiger partial charge is 0.454 e. The van der Waals surface area contributed by atoms with Crippen LogP contribution in [0.4, 0.5) is 51.2 Å². The molecule has 0 saturated heterocycles. The minimum atomic E-state index is 0.0246. The molecule has 0 bridgehead atoms. The third-order valence-corrected chi connectivity index (χ3v) is 14.3. The van der Waals surface area contributed by atoms with E-state index in [4.69, 9.17) is 4.42 Å². The van der Waals surface area contributed by atoms with Crippen molar-refractivity contribution >= 4 is 96.2 Å². The molecule has 1 aromatic heterocycles. The zero-order chi connectivity index (χ0) is 42.3. The van der Waals surface area contributed by atoms with Gasteiger partial charge in [0.25, 0.3) is 6.71 Å². The van der Waals surface area contributed by atoms with Gasteiger partial charge in [0.1, 0.15) is 5.58 Å². The Balaban J connectivity index is 1.20. The zero-order valence-electron chi connectivity index (χ0n) is 36.5. The van der Waals surface area contributed by atoms with Crippen LogP contribution in [0, 0.1) is 27.7 Å². The molecule has 4 nitrogen and oxygen atoms in total. The van der Waals surface area contributed by atoms with Crippen molar-refractivity contribution in [2.75, 3.05) is 14.7 Å². The summed E-state index contributed by atoms with van der Waals surface area (Å²) in [6, 6.07) is 60.9. The van der Waals surface area contributed by atoms with Gasteiger partial charge in [-0.2, -0.15) is 0 Å². The van der Waals surface area contributed by atoms with Crippen LogP contribution in [-0.2, 0) is 0 Å². The molecule has 5 heteroatoms. The topological polar surface area (TPSA) is 22.9 Å². The Labute approximate surface area is 371 Å². The third kappa shape index (κ3) is 5.82. The minimum Gasteiger partial charge on any atom is -0.454 e. The lowest BCUT2D eigenvalue weighted by molar-refractivity contribution is 0.442. The van der Waals surface area contributed by atoms with E-state index in [1.165, 1.54) is 116 Å². The highest BCUT2D eigenvalue weighted by molar-refractivity contribution is 7.00. The first-order valence-electron chi connectivity index (χ1n) is 22.8. The standard InChI is InChI=1S/C58H50BN3O/c1-37-19-11-13-32-49(37)61-52-35-43(60(42-25-9-6-10-26-42)51-34-18-29-46-45-28-17-27-44(57(45)63-58(46)51)41-23-7-5-8-24-41)36-53-54(52)59(47-30-15-21-39(3)55(47)61)48-31-16-22-40(4)56(48)62(53)50-33-14-12-20-38(50)2/h6,9-22,25-36,41H,5,7-8,23-24H2,1-4H3. The molecule has 1 aliphatic carbocycles. The zero-order valence-corrected chi connectivity index (χ0v) is 36.5. The van der Waals surface area contributed by atoms with Gasteiger partial charge in [-0.05, 0) is 133 Å². The third-order valence-electron chi connectivity index (χ3n) is 14.3. The molecule has 3 heterocycles. The van der Waals surface area contributed by atoms with E-state index in [0.29, 0.717) is 5.92 Å². The van der Waals surface area contributed by atoms with Gasteiger partial charge in [0.15, 0.2) is 5.58 Å². The molecule has 0 radical (unpaired) electrons. The predicted molar refractivity (Wildman–Crippen MR) is 267 cm³/mol. The Bertz CT molecular complexity index is 3130. The number of para-hydroxylation sites is 7. The highest BCUT2D eigenvalue weighted by atomic mass is 16.3. The van der Waals surface area contributed by atoms with E-state index in [1.807, 2.05) is 0 Å². The number of nitrogens with zero attached hydrogens (tertiary/aromatic N) is 3. The molecule has 0 spiro atoms. The van der Waals surface area contributed by atoms with E-state index in [2.05, 4.69) is 206 Å². The van der Waals surface area contributed by atoms with E-state index in [9.17, 15) is 0 Å². The van der Waals surface area contributed by atoms with Crippen molar-refractivity contribution in [3.63, 3.8) is 0 Å². The lowest BCUT2D eigenvalue weighted by atomic mass is 9.33. The Kier molecular flexibility index (Phi) is 8.90. The van der Waals surface area contributed by atoms with Crippen LogP contribution in [0.15, 0.2) is 168 Å². The van der Waals surface area contributed by atoms with Crippen LogP contribution < -0.4 is 31.1 Å². The van der Waals surface area contributed by atoms with Crippen LogP contribution in [-0.4, -0.2) is 6.71 Å². The molecule has 0 unspecified atom stereocenters. The molecule has 1 saturated carbocycles. The Hall–Kier alpha value is -6.98. The van der Waals surface area contributed by atoms with Gasteiger partial charge in [0.2, 0.25) is 0 Å². The first-order valence-corrected chi connectivity index (χ1v) is 22.8. The van der Waals surface area contributed by atoms with E-state index in [0.717, 1.165) is 33.6 Å². The van der Waals surface area contributed by atoms with E-state index < -0.39 is 0 Å². The van der Waals surface area contributed by atoms with Crippen molar-refractivity contribution in [1.82, 2.24) is 0 Å². The van der Waals surface area contributed by atoms with Crippen molar-refractivity contribution < 1.29 is 4.42 Å². The molecule has 1 fully saturated rings. The minimum absolute atomic E-state index is 0.0246. The summed E-state index contributed by atoms with van der Waals surface area (Å²) in [5, 5.41) is 2.35. The summed E-state index contributed by atoms with van der Waals surface area (Å²) in [7, 11) is 0. The molecule has 0 atom stereocenters. The lowest BCUT2D eigenvalue weighted by Gasteiger charge is -2.46. The maximum atomic E-state index is 7.26. The number of hydrogen-bond acceptors (Lipinski definition) is 4. The number of aryl methyl sites for hydroxylation is 4. The van der Waals surface area contributed by atoms with E-state index >= 15 is 0 Å². The summed E-state index contributed by atoms with van der Waals surface area (Å²) >= 11 is 0. The molecule has 3 aliphatic rings. The molecule has 9 aromatic rings. The second-order valence-corrected chi connectivity index (χ2v) is 18.1. The molecule has 63 heavy (non-hydrogen) atoms. The Morgan fingerprint density at radius 3 is 1.60 bits per heavy atom. The van der Waals surface area contributed by atoms with Crippen molar-refractivity contribution in [3.8, 4) is 0 Å². The molecular weight excluding hydrogens is 765 g/mol. The number of rotatable bonds is 6. The van der Waals surface area contributed by atoms with Gasteiger partial charge < -0.3 is 19.1 Å². The molecule has 8 aromatic carbocycles. The number of benzene rings is 8. The second-order valence-electron chi connectivity index (χ2n) is 18.1. The Morgan fingerprint density at radius 2 is 1.00 bits per heavy atom. The van der Waals surface area contributed by atoms with Crippen molar-refractivity contribution in [2.24, 2.45) is 0 Å². The fourth-order valence-electron chi connectivity index (χ4n) is 11.4. The summed E-state index contributed by atoms with van der Waals surface area (Å²) in [6.45, 7) is 9.07. The summed E-state index contributed by atoms with van der Waals surface area (Å²) < 4.78 is 7.26. The van der Waals surface area contributed by atoms with Gasteiger partial charge in [-0.15, -0.1) is 0 Å². The Morgan fingerprint density at radius 1 is 0.476 bits per heavy atom. The van der Waals surface area contributed by atoms with Crippen molar-refractivity contribution in [1.29, 1.82) is 0 Å². The molecule has 306 valence electrons. The smallest absolute Gasteiger partial charge is 0.252 e. The van der Waals surface area contributed by atoms with Crippen molar-refractivity contribution in [2.45, 2.75) is 65.7 Å². The SMILES string of the molecule is Cc1ccccc1N1c2cc(N(c3ccccc3)c3cccc4c3oc3c(C5CCCCC5)cccc34)cc3c2B(c2cccc(C)c21)c1cccc(C)c1N3c1ccccc1C. The van der Waals surface area contributed by atoms with Gasteiger partial charge in [-0.3, -0.25) is 0 Å². The fourth-order valence-corrected chi connectivity index (χ4v) is 11.4. The van der Waals surface area contributed by atoms with Gasteiger partial charge in [0, 0.05) is 50.6 Å². The average molecular weight is 816 g/mol. The van der Waals surface area contributed by atoms with Crippen LogP contribution in [0.2, 0.25) is 0 Å². The van der Waals surface area contributed by atoms with Crippen LogP contribution >= 0.6 is 0 Å². The van der Waals surface area contributed by atoms with Crippen molar-refractivity contribution in [3.05, 3.63) is 192 Å². The van der Waals surface area contributed by atoms with Crippen LogP contribution in [0.1, 0.15) is 65.8 Å². The van der Waals surface area contributed by atoms with Crippen LogP contribution in [0.25, 0.3) is 21.9 Å². The quantitative estimate of drug-likeness (QED) is 0.156. The second kappa shape index (κ2) is 14.8. The first kappa shape index (κ1) is 37.8. The molecule has 0 N–H and O–H groups in total. The summed E-state index contributed by atoms with van der Waals surface area (Å²) in [6.07, 6.45) is 6.33. The molecular formula is C58H50BN3O. The van der Waals surface area contributed by atoms with Gasteiger partial charge in [-0.1, -0.05) is 141 Å². The lowest BCUT2D eigenvalue weighted by Crippen LogP contribution is -2.61. The highest BCUT2D eigenvalue weighted by Crippen LogP contribution is 2.51. The monoisotopic (exact) mass is 815 g/mol. The first-order chi connectivity index (χ1) is 31.0. The predicted octanol–water partition coefficient (Wildman–Crippen LogP) is 14.4. The normalized spacial score (nSPS) is 14.5. The van der Waals surface area contributed by atoms with Gasteiger partial charge >= 0.3 is 0 Å². The highest BCUT2D eigenvalue weighted by Gasteiger charge is 2.45. The van der Waals surface area contributed by atoms with Crippen LogP contribution in [0.3, 0.4) is 0 Å². The number of anilines is 9. The molecule has 0 amide bonds. The van der Waals surface area contributed by atoms with Crippen LogP contribution in [0.5, 0.6) is 0 Å². The maximum absolute atomic E-state index is 7.26. The number of hydrogen-bond donors (Lipinski definition) is 0. The van der Waals surface area contributed by atoms with Gasteiger partial charge in [-0.25, -0.2) is 0 Å². The fraction of sp³-hybridized carbons (Fsp3) is 0.172. The van der Waals surface area contributed by atoms with E-state index in [1.54, 1.807) is 0 Å². The number of furan rings is 1. The maximum Gasteiger partial charge on any atom is 0.252 e. The number of fused-ring (bicyclic) bond motifs is 7. The molecule has 12 rings (SSSR count). The van der Waals surface area contributed by atoms with E-state index in [-0.39, 0.29) is 6.71 Å². The van der Waals surface area contributed by atoms with Gasteiger partial charge in [0.05, 0.1) is 11.4 Å². The average Bonchev–Trinajstić information content (AvgIpc) is 3.71. The summed E-state index contributed by atoms with van der Waals surface area (Å²) in [5.41, 5.74) is 22.7.